The summed E-state index contributed by atoms with van der Waals surface area (Å²) >= 11 is 0. The van der Waals surface area contributed by atoms with Gasteiger partial charge >= 0.3 is 5.97 Å². The lowest BCUT2D eigenvalue weighted by Gasteiger charge is -2.12. The molecular formula is C20H22N2O6. The minimum atomic E-state index is -0.553. The molecule has 0 saturated heterocycles. The number of amides is 2. The normalized spacial score (nSPS) is 9.96. The average Bonchev–Trinajstić information content (AvgIpc) is 2.71. The van der Waals surface area contributed by atoms with Gasteiger partial charge in [-0.1, -0.05) is 13.0 Å². The summed E-state index contributed by atoms with van der Waals surface area (Å²) in [6, 6.07) is 11.4. The van der Waals surface area contributed by atoms with E-state index in [1.165, 1.54) is 20.3 Å². The fourth-order valence-corrected chi connectivity index (χ4v) is 2.25. The molecule has 0 atom stereocenters. The number of hydrogen-bond donors (Lipinski definition) is 2. The Hall–Kier alpha value is -3.55. The van der Waals surface area contributed by atoms with Crippen LogP contribution in [0.5, 0.6) is 11.5 Å². The first-order valence-electron chi connectivity index (χ1n) is 8.55. The van der Waals surface area contributed by atoms with Crippen molar-refractivity contribution in [3.8, 4) is 11.5 Å². The summed E-state index contributed by atoms with van der Waals surface area (Å²) in [5.41, 5.74) is 1.41. The molecule has 0 aromatic heterocycles. The van der Waals surface area contributed by atoms with Crippen LogP contribution in [0.3, 0.4) is 0 Å². The largest absolute Gasteiger partial charge is 0.493 e. The average molecular weight is 386 g/mol. The lowest BCUT2D eigenvalue weighted by atomic mass is 10.1. The lowest BCUT2D eigenvalue weighted by molar-refractivity contribution is -0.142. The maximum atomic E-state index is 12.6. The number of esters is 1. The predicted molar refractivity (Wildman–Crippen MR) is 104 cm³/mol. The molecule has 2 amide bonds. The van der Waals surface area contributed by atoms with Crippen LogP contribution in [0.25, 0.3) is 0 Å². The molecule has 8 nitrogen and oxygen atoms in total. The van der Waals surface area contributed by atoms with Crippen LogP contribution < -0.4 is 20.1 Å². The van der Waals surface area contributed by atoms with Crippen molar-refractivity contribution in [2.24, 2.45) is 0 Å². The van der Waals surface area contributed by atoms with Gasteiger partial charge in [0, 0.05) is 23.4 Å². The quantitative estimate of drug-likeness (QED) is 0.676. The van der Waals surface area contributed by atoms with Crippen LogP contribution in [0.2, 0.25) is 0 Å². The molecule has 0 spiro atoms. The Morgan fingerprint density at radius 2 is 1.64 bits per heavy atom. The van der Waals surface area contributed by atoms with Gasteiger partial charge < -0.3 is 24.8 Å². The highest BCUT2D eigenvalue weighted by molar-refractivity contribution is 6.05. The van der Waals surface area contributed by atoms with Crippen LogP contribution in [-0.2, 0) is 14.3 Å². The third kappa shape index (κ3) is 5.73. The highest BCUT2D eigenvalue weighted by atomic mass is 16.6. The zero-order valence-electron chi connectivity index (χ0n) is 15.9. The van der Waals surface area contributed by atoms with E-state index in [2.05, 4.69) is 15.4 Å². The number of anilines is 2. The monoisotopic (exact) mass is 386 g/mol. The van der Waals surface area contributed by atoms with Crippen molar-refractivity contribution in [3.05, 3.63) is 48.0 Å². The van der Waals surface area contributed by atoms with E-state index >= 15 is 0 Å². The van der Waals surface area contributed by atoms with Gasteiger partial charge in [0.25, 0.3) is 5.91 Å². The summed E-state index contributed by atoms with van der Waals surface area (Å²) in [5.74, 6) is -0.437. The standard InChI is InChI=1S/C20H22N2O6/c1-4-18(23)21-14-6-5-7-15(11-14)22-20(25)13-8-9-16(26-2)17(10-13)28-12-19(24)27-3/h5-11H,4,12H2,1-3H3,(H,21,23)(H,22,25). The highest BCUT2D eigenvalue weighted by Crippen LogP contribution is 2.28. The van der Waals surface area contributed by atoms with E-state index in [1.54, 1.807) is 43.3 Å². The third-order valence-corrected chi connectivity index (χ3v) is 3.72. The van der Waals surface area contributed by atoms with E-state index in [-0.39, 0.29) is 24.2 Å². The number of nitrogens with one attached hydrogen (secondary N) is 2. The summed E-state index contributed by atoms with van der Waals surface area (Å²) in [6.45, 7) is 1.45. The van der Waals surface area contributed by atoms with Crippen molar-refractivity contribution in [1.29, 1.82) is 0 Å². The Bertz CT molecular complexity index is 866. The lowest BCUT2D eigenvalue weighted by Crippen LogP contribution is -2.15. The van der Waals surface area contributed by atoms with Crippen molar-refractivity contribution in [2.45, 2.75) is 13.3 Å². The second kappa shape index (κ2) is 9.96. The SMILES string of the molecule is CCC(=O)Nc1cccc(NC(=O)c2ccc(OC)c(OCC(=O)OC)c2)c1. The minimum absolute atomic E-state index is 0.119. The summed E-state index contributed by atoms with van der Waals surface area (Å²) in [6.07, 6.45) is 0.358. The Morgan fingerprint density at radius 1 is 0.929 bits per heavy atom. The maximum absolute atomic E-state index is 12.6. The molecule has 0 fully saturated rings. The first-order chi connectivity index (χ1) is 13.5. The Balaban J connectivity index is 2.14. The van der Waals surface area contributed by atoms with Gasteiger partial charge in [-0.3, -0.25) is 9.59 Å². The fourth-order valence-electron chi connectivity index (χ4n) is 2.25. The molecule has 0 aliphatic rings. The molecule has 2 rings (SSSR count). The highest BCUT2D eigenvalue weighted by Gasteiger charge is 2.13. The molecular weight excluding hydrogens is 364 g/mol. The molecule has 0 heterocycles. The molecule has 8 heteroatoms. The zero-order valence-corrected chi connectivity index (χ0v) is 15.9. The number of ether oxygens (including phenoxy) is 3. The Kier molecular flexibility index (Phi) is 7.38. The van der Waals surface area contributed by atoms with Gasteiger partial charge in [-0.15, -0.1) is 0 Å². The molecule has 0 bridgehead atoms. The molecule has 0 aliphatic heterocycles. The van der Waals surface area contributed by atoms with Crippen LogP contribution in [0, 0.1) is 0 Å². The van der Waals surface area contributed by atoms with Gasteiger partial charge in [-0.25, -0.2) is 4.79 Å². The molecule has 2 N–H and O–H groups in total. The van der Waals surface area contributed by atoms with Crippen molar-refractivity contribution in [1.82, 2.24) is 0 Å². The molecule has 2 aromatic carbocycles. The topological polar surface area (TPSA) is 103 Å². The van der Waals surface area contributed by atoms with E-state index in [9.17, 15) is 14.4 Å². The first-order valence-corrected chi connectivity index (χ1v) is 8.55. The molecule has 28 heavy (non-hydrogen) atoms. The number of methoxy groups -OCH3 is 2. The van der Waals surface area contributed by atoms with Crippen LogP contribution in [0.15, 0.2) is 42.5 Å². The van der Waals surface area contributed by atoms with Gasteiger partial charge in [0.2, 0.25) is 5.91 Å². The van der Waals surface area contributed by atoms with E-state index in [0.717, 1.165) is 0 Å². The van der Waals surface area contributed by atoms with Gasteiger partial charge in [0.15, 0.2) is 18.1 Å². The number of carbonyl (C=O) groups is 3. The van der Waals surface area contributed by atoms with Gasteiger partial charge in [0.05, 0.1) is 14.2 Å². The Morgan fingerprint density at radius 3 is 2.29 bits per heavy atom. The van der Waals surface area contributed by atoms with Gasteiger partial charge in [-0.2, -0.15) is 0 Å². The minimum Gasteiger partial charge on any atom is -0.493 e. The van der Waals surface area contributed by atoms with Crippen LogP contribution in [-0.4, -0.2) is 38.6 Å². The zero-order chi connectivity index (χ0) is 20.5. The third-order valence-electron chi connectivity index (χ3n) is 3.72. The van der Waals surface area contributed by atoms with E-state index in [4.69, 9.17) is 9.47 Å². The van der Waals surface area contributed by atoms with Crippen LogP contribution in [0.1, 0.15) is 23.7 Å². The van der Waals surface area contributed by atoms with Crippen LogP contribution >= 0.6 is 0 Å². The molecule has 0 radical (unpaired) electrons. The van der Waals surface area contributed by atoms with Gasteiger partial charge in [0.1, 0.15) is 0 Å². The molecule has 0 aliphatic carbocycles. The van der Waals surface area contributed by atoms with Crippen molar-refractivity contribution in [3.63, 3.8) is 0 Å². The first kappa shape index (κ1) is 20.8. The smallest absolute Gasteiger partial charge is 0.343 e. The summed E-state index contributed by atoms with van der Waals surface area (Å²) in [7, 11) is 2.71. The summed E-state index contributed by atoms with van der Waals surface area (Å²) in [4.78, 5) is 35.3. The second-order valence-electron chi connectivity index (χ2n) is 5.67. The van der Waals surface area contributed by atoms with E-state index < -0.39 is 5.97 Å². The van der Waals surface area contributed by atoms with Crippen molar-refractivity contribution >= 4 is 29.2 Å². The summed E-state index contributed by atoms with van der Waals surface area (Å²) < 4.78 is 15.1. The Labute approximate surface area is 162 Å². The number of rotatable bonds is 8. The number of benzene rings is 2. The van der Waals surface area contributed by atoms with Crippen molar-refractivity contribution < 1.29 is 28.6 Å². The summed E-state index contributed by atoms with van der Waals surface area (Å²) in [5, 5.41) is 5.48. The molecule has 0 saturated carbocycles. The van der Waals surface area contributed by atoms with E-state index in [1.807, 2.05) is 0 Å². The van der Waals surface area contributed by atoms with Crippen molar-refractivity contribution in [2.75, 3.05) is 31.5 Å². The predicted octanol–water partition coefficient (Wildman–Crippen LogP) is 2.85. The number of hydrogen-bond acceptors (Lipinski definition) is 6. The van der Waals surface area contributed by atoms with E-state index in [0.29, 0.717) is 29.1 Å². The molecule has 0 unspecified atom stereocenters. The van der Waals surface area contributed by atoms with Gasteiger partial charge in [-0.05, 0) is 36.4 Å². The molecule has 2 aromatic rings. The second-order valence-corrected chi connectivity index (χ2v) is 5.67. The van der Waals surface area contributed by atoms with Crippen LogP contribution in [0.4, 0.5) is 11.4 Å². The molecule has 148 valence electrons. The maximum Gasteiger partial charge on any atom is 0.343 e. The fraction of sp³-hybridized carbons (Fsp3) is 0.250. The number of carbonyl (C=O) groups excluding carboxylic acids is 3.